The van der Waals surface area contributed by atoms with Crippen LogP contribution in [0.1, 0.15) is 31.9 Å². The second-order valence-corrected chi connectivity index (χ2v) is 8.41. The zero-order valence-electron chi connectivity index (χ0n) is 19.3. The van der Waals surface area contributed by atoms with Gasteiger partial charge in [0, 0.05) is 36.4 Å². The Kier molecular flexibility index (Phi) is 6.90. The number of cyclic esters (lactones) is 1. The molecule has 1 aromatic heterocycles. The summed E-state index contributed by atoms with van der Waals surface area (Å²) in [5.74, 6) is -1.24. The number of halogens is 2. The van der Waals surface area contributed by atoms with E-state index >= 15 is 0 Å². The lowest BCUT2D eigenvalue weighted by molar-refractivity contribution is -0.119. The molecule has 0 spiro atoms. The molecule has 2 atom stereocenters. The number of carbonyl (C=O) groups excluding carboxylic acids is 2. The molecule has 2 aromatic carbocycles. The number of carbonyl (C=O) groups is 2. The molecule has 1 fully saturated rings. The van der Waals surface area contributed by atoms with Gasteiger partial charge < -0.3 is 15.5 Å². The third-order valence-electron chi connectivity index (χ3n) is 5.75. The van der Waals surface area contributed by atoms with Crippen LogP contribution in [0.2, 0.25) is 0 Å². The van der Waals surface area contributed by atoms with Gasteiger partial charge in [0.25, 0.3) is 0 Å². The molecule has 35 heavy (non-hydrogen) atoms. The first-order valence-corrected chi connectivity index (χ1v) is 11.1. The first kappa shape index (κ1) is 24.1. The van der Waals surface area contributed by atoms with Gasteiger partial charge in [0.2, 0.25) is 5.91 Å². The Morgan fingerprint density at radius 3 is 2.71 bits per heavy atom. The number of hydrogen-bond acceptors (Lipinski definition) is 5. The van der Waals surface area contributed by atoms with Crippen LogP contribution in [0.5, 0.6) is 0 Å². The molecule has 2 amide bonds. The highest BCUT2D eigenvalue weighted by Gasteiger charge is 2.32. The standard InChI is InChI=1S/C25H25F2N5O3/c1-15(32-10-9-24(30-32)20-5-3-4-6-21(20)26)11-23(28)19-8-7-17(12-22(19)27)31-14-18(35-25(31)34)13-29-16(2)33/h3-10,12,15,18,28H,11,13-14H2,1-2H3,(H,29,33)/t15-,18-/m0/s1. The van der Waals surface area contributed by atoms with E-state index in [1.54, 1.807) is 41.2 Å². The van der Waals surface area contributed by atoms with Crippen LogP contribution >= 0.6 is 0 Å². The number of nitrogens with one attached hydrogen (secondary N) is 2. The zero-order valence-corrected chi connectivity index (χ0v) is 19.3. The molecule has 1 aliphatic heterocycles. The second kappa shape index (κ2) is 10.0. The number of anilines is 1. The van der Waals surface area contributed by atoms with Gasteiger partial charge in [-0.2, -0.15) is 5.10 Å². The van der Waals surface area contributed by atoms with Crippen molar-refractivity contribution in [3.63, 3.8) is 0 Å². The summed E-state index contributed by atoms with van der Waals surface area (Å²) in [6.07, 6.45) is 0.742. The maximum absolute atomic E-state index is 14.9. The van der Waals surface area contributed by atoms with Gasteiger partial charge in [-0.15, -0.1) is 0 Å². The van der Waals surface area contributed by atoms with Crippen molar-refractivity contribution in [1.82, 2.24) is 15.1 Å². The lowest BCUT2D eigenvalue weighted by Crippen LogP contribution is -2.33. The summed E-state index contributed by atoms with van der Waals surface area (Å²) in [7, 11) is 0. The fourth-order valence-electron chi connectivity index (χ4n) is 3.91. The van der Waals surface area contributed by atoms with Crippen LogP contribution in [0.4, 0.5) is 19.3 Å². The highest BCUT2D eigenvalue weighted by Crippen LogP contribution is 2.26. The molecule has 0 bridgehead atoms. The van der Waals surface area contributed by atoms with Crippen molar-refractivity contribution in [3.05, 3.63) is 71.9 Å². The summed E-state index contributed by atoms with van der Waals surface area (Å²) < 4.78 is 35.8. The number of amides is 2. The number of hydrogen-bond donors (Lipinski definition) is 2. The first-order valence-electron chi connectivity index (χ1n) is 11.1. The van der Waals surface area contributed by atoms with Crippen molar-refractivity contribution in [3.8, 4) is 11.3 Å². The van der Waals surface area contributed by atoms with Crippen LogP contribution < -0.4 is 10.2 Å². The Morgan fingerprint density at radius 1 is 1.23 bits per heavy atom. The molecule has 0 radical (unpaired) electrons. The molecule has 2 heterocycles. The van der Waals surface area contributed by atoms with Gasteiger partial charge >= 0.3 is 6.09 Å². The zero-order chi connectivity index (χ0) is 25.1. The van der Waals surface area contributed by atoms with Crippen molar-refractivity contribution in [2.75, 3.05) is 18.0 Å². The van der Waals surface area contributed by atoms with Crippen LogP contribution in [-0.4, -0.2) is 46.7 Å². The number of rotatable bonds is 8. The summed E-state index contributed by atoms with van der Waals surface area (Å²) in [6, 6.07) is 12.0. The molecule has 1 aliphatic rings. The summed E-state index contributed by atoms with van der Waals surface area (Å²) in [4.78, 5) is 24.5. The van der Waals surface area contributed by atoms with Gasteiger partial charge in [0.05, 0.1) is 30.5 Å². The summed E-state index contributed by atoms with van der Waals surface area (Å²) >= 11 is 0. The van der Waals surface area contributed by atoms with Crippen LogP contribution in [0.15, 0.2) is 54.7 Å². The van der Waals surface area contributed by atoms with Crippen molar-refractivity contribution in [2.45, 2.75) is 32.4 Å². The van der Waals surface area contributed by atoms with Gasteiger partial charge in [-0.1, -0.05) is 12.1 Å². The van der Waals surface area contributed by atoms with Gasteiger partial charge in [-0.3, -0.25) is 14.4 Å². The van der Waals surface area contributed by atoms with Crippen LogP contribution in [0, 0.1) is 17.0 Å². The van der Waals surface area contributed by atoms with E-state index in [0.29, 0.717) is 16.9 Å². The molecule has 2 N–H and O–H groups in total. The van der Waals surface area contributed by atoms with E-state index in [-0.39, 0.29) is 48.6 Å². The first-order chi connectivity index (χ1) is 16.7. The van der Waals surface area contributed by atoms with Gasteiger partial charge in [-0.05, 0) is 43.3 Å². The Balaban J connectivity index is 1.42. The Morgan fingerprint density at radius 2 is 2.00 bits per heavy atom. The number of nitrogens with zero attached hydrogens (tertiary/aromatic N) is 3. The third-order valence-corrected chi connectivity index (χ3v) is 5.75. The smallest absolute Gasteiger partial charge is 0.414 e. The fraction of sp³-hybridized carbons (Fsp3) is 0.280. The molecule has 3 aromatic rings. The van der Waals surface area contributed by atoms with Gasteiger partial charge in [-0.25, -0.2) is 13.6 Å². The molecule has 0 unspecified atom stereocenters. The van der Waals surface area contributed by atoms with Crippen molar-refractivity contribution < 1.29 is 23.1 Å². The molecule has 4 rings (SSSR count). The fourth-order valence-corrected chi connectivity index (χ4v) is 3.91. The largest absolute Gasteiger partial charge is 0.442 e. The van der Waals surface area contributed by atoms with E-state index in [1.165, 1.54) is 30.0 Å². The topological polar surface area (TPSA) is 100 Å². The number of aromatic nitrogens is 2. The van der Waals surface area contributed by atoms with Crippen LogP contribution in [-0.2, 0) is 9.53 Å². The van der Waals surface area contributed by atoms with E-state index < -0.39 is 18.0 Å². The van der Waals surface area contributed by atoms with E-state index in [4.69, 9.17) is 10.1 Å². The predicted octanol–water partition coefficient (Wildman–Crippen LogP) is 4.31. The van der Waals surface area contributed by atoms with Crippen molar-refractivity contribution in [1.29, 1.82) is 5.41 Å². The van der Waals surface area contributed by atoms with Crippen molar-refractivity contribution >= 4 is 23.4 Å². The minimum absolute atomic E-state index is 0.0667. The maximum atomic E-state index is 14.9. The molecular weight excluding hydrogens is 456 g/mol. The molecule has 1 saturated heterocycles. The molecule has 10 heteroatoms. The predicted molar refractivity (Wildman–Crippen MR) is 126 cm³/mol. The summed E-state index contributed by atoms with van der Waals surface area (Å²) in [6.45, 7) is 3.56. The minimum Gasteiger partial charge on any atom is -0.442 e. The SMILES string of the molecule is CC(=O)NC[C@H]1CN(c2ccc(C(=N)C[C@H](C)n3ccc(-c4ccccc4F)n3)c(F)c2)C(=O)O1. The third kappa shape index (κ3) is 5.37. The lowest BCUT2D eigenvalue weighted by atomic mass is 10.0. The number of ether oxygens (including phenoxy) is 1. The summed E-state index contributed by atoms with van der Waals surface area (Å²) in [5, 5.41) is 15.4. The average molecular weight is 482 g/mol. The molecule has 8 nitrogen and oxygen atoms in total. The van der Waals surface area contributed by atoms with Gasteiger partial charge in [0.15, 0.2) is 0 Å². The number of benzene rings is 2. The maximum Gasteiger partial charge on any atom is 0.414 e. The molecular formula is C25H25F2N5O3. The van der Waals surface area contributed by atoms with E-state index in [2.05, 4.69) is 10.4 Å². The highest BCUT2D eigenvalue weighted by atomic mass is 19.1. The lowest BCUT2D eigenvalue weighted by Gasteiger charge is -2.16. The van der Waals surface area contributed by atoms with E-state index in [0.717, 1.165) is 0 Å². The minimum atomic E-state index is -0.634. The molecule has 0 aliphatic carbocycles. The average Bonchev–Trinajstić information content (AvgIpc) is 3.45. The Hall–Kier alpha value is -4.08. The van der Waals surface area contributed by atoms with E-state index in [1.807, 2.05) is 6.92 Å². The van der Waals surface area contributed by atoms with Crippen LogP contribution in [0.25, 0.3) is 11.3 Å². The molecule has 0 saturated carbocycles. The van der Waals surface area contributed by atoms with Gasteiger partial charge in [0.1, 0.15) is 17.7 Å². The highest BCUT2D eigenvalue weighted by molar-refractivity contribution is 5.99. The van der Waals surface area contributed by atoms with Crippen molar-refractivity contribution in [2.24, 2.45) is 0 Å². The Labute approximate surface area is 201 Å². The summed E-state index contributed by atoms with van der Waals surface area (Å²) in [5.41, 5.74) is 1.35. The normalized spacial score (nSPS) is 16.2. The molecule has 182 valence electrons. The monoisotopic (exact) mass is 481 g/mol. The quantitative estimate of drug-likeness (QED) is 0.468. The van der Waals surface area contributed by atoms with Crippen LogP contribution in [0.3, 0.4) is 0 Å². The Bertz CT molecular complexity index is 1280. The van der Waals surface area contributed by atoms with E-state index in [9.17, 15) is 18.4 Å². The second-order valence-electron chi connectivity index (χ2n) is 8.41.